The number of nitrogens with one attached hydrogen (secondary N) is 1. The Balaban J connectivity index is 1.89. The molecule has 1 amide bonds. The third-order valence-corrected chi connectivity index (χ3v) is 5.75. The molecular formula is C20H22ClN3O3. The largest absolute Gasteiger partial charge is 0.480 e. The highest BCUT2D eigenvalue weighted by molar-refractivity contribution is 6.31. The molecule has 1 aliphatic rings. The van der Waals surface area contributed by atoms with Crippen molar-refractivity contribution in [3.05, 3.63) is 64.9 Å². The van der Waals surface area contributed by atoms with Crippen molar-refractivity contribution >= 4 is 23.5 Å². The number of likely N-dealkylation sites (N-methyl/N-ethyl adjacent to an activating group) is 1. The van der Waals surface area contributed by atoms with Crippen LogP contribution in [0.2, 0.25) is 5.02 Å². The lowest BCUT2D eigenvalue weighted by Crippen LogP contribution is -2.46. The van der Waals surface area contributed by atoms with Crippen molar-refractivity contribution in [3.8, 4) is 0 Å². The number of carboxylic acid groups (broad SMARTS) is 1. The number of nitrogens with zero attached hydrogens (tertiary/aromatic N) is 2. The fourth-order valence-electron chi connectivity index (χ4n) is 3.70. The number of hydrogen-bond donors (Lipinski definition) is 2. The van der Waals surface area contributed by atoms with Crippen LogP contribution in [0.4, 0.5) is 0 Å². The van der Waals surface area contributed by atoms with Gasteiger partial charge in [0.1, 0.15) is 5.54 Å². The monoisotopic (exact) mass is 387 g/mol. The van der Waals surface area contributed by atoms with Crippen LogP contribution in [0.1, 0.15) is 30.5 Å². The van der Waals surface area contributed by atoms with Crippen LogP contribution in [0.5, 0.6) is 0 Å². The molecule has 1 saturated heterocycles. The van der Waals surface area contributed by atoms with Gasteiger partial charge in [0.25, 0.3) is 0 Å². The number of amides is 1. The molecular weight excluding hydrogens is 366 g/mol. The SMILES string of the molecule is CN1[C@H](c2ccccc2Cl)[C@H](C(=O)NCc2cccnc2)C[C@]1(C)C(=O)O. The molecule has 0 bridgehead atoms. The molecule has 7 heteroatoms. The smallest absolute Gasteiger partial charge is 0.323 e. The van der Waals surface area contributed by atoms with Crippen molar-refractivity contribution in [3.63, 3.8) is 0 Å². The molecule has 3 atom stereocenters. The summed E-state index contributed by atoms with van der Waals surface area (Å²) in [6, 6.07) is 10.5. The Hall–Kier alpha value is -2.44. The van der Waals surface area contributed by atoms with Crippen molar-refractivity contribution < 1.29 is 14.7 Å². The number of halogens is 1. The minimum Gasteiger partial charge on any atom is -0.480 e. The zero-order chi connectivity index (χ0) is 19.6. The van der Waals surface area contributed by atoms with Crippen LogP contribution in [0.25, 0.3) is 0 Å². The van der Waals surface area contributed by atoms with Gasteiger partial charge in [0.05, 0.1) is 5.92 Å². The van der Waals surface area contributed by atoms with E-state index in [1.54, 1.807) is 43.4 Å². The summed E-state index contributed by atoms with van der Waals surface area (Å²) in [4.78, 5) is 30.7. The number of carbonyl (C=O) groups is 2. The Morgan fingerprint density at radius 2 is 2.07 bits per heavy atom. The average molecular weight is 388 g/mol. The first-order valence-electron chi connectivity index (χ1n) is 8.72. The fourth-order valence-corrected chi connectivity index (χ4v) is 3.95. The van der Waals surface area contributed by atoms with E-state index >= 15 is 0 Å². The van der Waals surface area contributed by atoms with E-state index in [0.717, 1.165) is 11.1 Å². The van der Waals surface area contributed by atoms with Crippen molar-refractivity contribution in [2.24, 2.45) is 5.92 Å². The van der Waals surface area contributed by atoms with Crippen LogP contribution < -0.4 is 5.32 Å². The molecule has 142 valence electrons. The van der Waals surface area contributed by atoms with Gasteiger partial charge < -0.3 is 10.4 Å². The molecule has 0 saturated carbocycles. The van der Waals surface area contributed by atoms with Gasteiger partial charge in [-0.2, -0.15) is 0 Å². The van der Waals surface area contributed by atoms with E-state index in [0.29, 0.717) is 11.6 Å². The Bertz CT molecular complexity index is 845. The predicted octanol–water partition coefficient (Wildman–Crippen LogP) is 2.89. The Kier molecular flexibility index (Phi) is 5.48. The van der Waals surface area contributed by atoms with Gasteiger partial charge in [-0.3, -0.25) is 19.5 Å². The van der Waals surface area contributed by atoms with E-state index in [1.165, 1.54) is 0 Å². The lowest BCUT2D eigenvalue weighted by atomic mass is 9.89. The zero-order valence-electron chi connectivity index (χ0n) is 15.2. The first-order valence-corrected chi connectivity index (χ1v) is 9.10. The van der Waals surface area contributed by atoms with Crippen LogP contribution in [-0.2, 0) is 16.1 Å². The Morgan fingerprint density at radius 1 is 1.33 bits per heavy atom. The van der Waals surface area contributed by atoms with Gasteiger partial charge >= 0.3 is 5.97 Å². The second-order valence-corrected chi connectivity index (χ2v) is 7.45. The quantitative estimate of drug-likeness (QED) is 0.824. The molecule has 2 heterocycles. The summed E-state index contributed by atoms with van der Waals surface area (Å²) in [5.74, 6) is -1.68. The van der Waals surface area contributed by atoms with Crippen molar-refractivity contribution in [1.82, 2.24) is 15.2 Å². The average Bonchev–Trinajstić information content (AvgIpc) is 2.94. The number of aromatic nitrogens is 1. The van der Waals surface area contributed by atoms with E-state index in [1.807, 2.05) is 24.3 Å². The molecule has 2 N–H and O–H groups in total. The molecule has 2 aromatic rings. The van der Waals surface area contributed by atoms with Crippen molar-refractivity contribution in [1.29, 1.82) is 0 Å². The summed E-state index contributed by atoms with van der Waals surface area (Å²) in [5, 5.41) is 13.2. The van der Waals surface area contributed by atoms with Crippen LogP contribution in [0.3, 0.4) is 0 Å². The highest BCUT2D eigenvalue weighted by atomic mass is 35.5. The number of likely N-dealkylation sites (tertiary alicyclic amines) is 1. The second-order valence-electron chi connectivity index (χ2n) is 7.05. The summed E-state index contributed by atoms with van der Waals surface area (Å²) in [5.41, 5.74) is 0.487. The van der Waals surface area contributed by atoms with E-state index in [4.69, 9.17) is 11.6 Å². The van der Waals surface area contributed by atoms with Crippen LogP contribution >= 0.6 is 11.6 Å². The van der Waals surface area contributed by atoms with Crippen LogP contribution in [0, 0.1) is 5.92 Å². The molecule has 1 fully saturated rings. The normalized spacial score (nSPS) is 25.3. The maximum atomic E-state index is 13.0. The molecule has 1 aromatic carbocycles. The van der Waals surface area contributed by atoms with Gasteiger partial charge in [-0.15, -0.1) is 0 Å². The standard InChI is InChI=1S/C20H22ClN3O3/c1-20(19(26)27)10-15(18(25)23-12-13-6-5-9-22-11-13)17(24(20)2)14-7-3-4-8-16(14)21/h3-9,11,15,17H,10,12H2,1-2H3,(H,23,25)(H,26,27)/t15-,17-,20-/m1/s1. The molecule has 0 spiro atoms. The second kappa shape index (κ2) is 7.66. The van der Waals surface area contributed by atoms with E-state index in [9.17, 15) is 14.7 Å². The van der Waals surface area contributed by atoms with Gasteiger partial charge in [0.2, 0.25) is 5.91 Å². The van der Waals surface area contributed by atoms with E-state index in [-0.39, 0.29) is 12.3 Å². The molecule has 0 radical (unpaired) electrons. The fraction of sp³-hybridized carbons (Fsp3) is 0.350. The van der Waals surface area contributed by atoms with Gasteiger partial charge in [-0.05, 0) is 43.7 Å². The first kappa shape index (κ1) is 19.3. The lowest BCUT2D eigenvalue weighted by molar-refractivity contribution is -0.148. The number of pyridine rings is 1. The molecule has 0 aliphatic carbocycles. The summed E-state index contributed by atoms with van der Waals surface area (Å²) >= 11 is 6.37. The topological polar surface area (TPSA) is 82.5 Å². The van der Waals surface area contributed by atoms with Crippen LogP contribution in [-0.4, -0.2) is 39.5 Å². The molecule has 3 rings (SSSR count). The number of aliphatic carboxylic acids is 1. The van der Waals surface area contributed by atoms with Gasteiger partial charge in [0.15, 0.2) is 0 Å². The lowest BCUT2D eigenvalue weighted by Gasteiger charge is -2.32. The number of benzene rings is 1. The van der Waals surface area contributed by atoms with Crippen LogP contribution in [0.15, 0.2) is 48.8 Å². The minimum atomic E-state index is -1.15. The molecule has 1 aromatic heterocycles. The summed E-state index contributed by atoms with van der Waals surface area (Å²) in [7, 11) is 1.73. The third kappa shape index (κ3) is 3.68. The van der Waals surface area contributed by atoms with Gasteiger partial charge in [-0.25, -0.2) is 0 Å². The number of hydrogen-bond acceptors (Lipinski definition) is 4. The number of carbonyl (C=O) groups excluding carboxylic acids is 1. The van der Waals surface area contributed by atoms with E-state index < -0.39 is 23.5 Å². The van der Waals surface area contributed by atoms with Crippen molar-refractivity contribution in [2.45, 2.75) is 31.5 Å². The summed E-state index contributed by atoms with van der Waals surface area (Å²) in [6.45, 7) is 1.99. The number of carboxylic acids is 1. The van der Waals surface area contributed by atoms with Gasteiger partial charge in [-0.1, -0.05) is 35.9 Å². The summed E-state index contributed by atoms with van der Waals surface area (Å²) < 4.78 is 0. The Labute approximate surface area is 163 Å². The molecule has 27 heavy (non-hydrogen) atoms. The summed E-state index contributed by atoms with van der Waals surface area (Å²) in [6.07, 6.45) is 3.56. The maximum Gasteiger partial charge on any atom is 0.323 e. The molecule has 1 aliphatic heterocycles. The van der Waals surface area contributed by atoms with Gasteiger partial charge in [0, 0.05) is 30.0 Å². The number of rotatable bonds is 5. The first-order chi connectivity index (χ1) is 12.8. The van der Waals surface area contributed by atoms with E-state index in [2.05, 4.69) is 10.3 Å². The Morgan fingerprint density at radius 3 is 2.70 bits per heavy atom. The molecule has 0 unspecified atom stereocenters. The maximum absolute atomic E-state index is 13.0. The van der Waals surface area contributed by atoms with Crippen molar-refractivity contribution in [2.75, 3.05) is 7.05 Å². The molecule has 6 nitrogen and oxygen atoms in total. The highest BCUT2D eigenvalue weighted by Crippen LogP contribution is 2.47. The highest BCUT2D eigenvalue weighted by Gasteiger charge is 2.54. The minimum absolute atomic E-state index is 0.194. The third-order valence-electron chi connectivity index (χ3n) is 5.41. The predicted molar refractivity (Wildman–Crippen MR) is 102 cm³/mol. The zero-order valence-corrected chi connectivity index (χ0v) is 16.0.